The summed E-state index contributed by atoms with van der Waals surface area (Å²) in [5, 5.41) is 3.17. The van der Waals surface area contributed by atoms with Crippen LogP contribution in [0.3, 0.4) is 0 Å². The molecular weight excluding hydrogens is 382 g/mol. The first kappa shape index (κ1) is 20.8. The molecule has 0 aliphatic heterocycles. The number of hydrogen-bond acceptors (Lipinski definition) is 5. The Morgan fingerprint density at radius 3 is 2.66 bits per heavy atom. The maximum atomic E-state index is 6.34. The predicted octanol–water partition coefficient (Wildman–Crippen LogP) is 4.45. The molecule has 1 aromatic carbocycles. The highest BCUT2D eigenvalue weighted by molar-refractivity contribution is 7.13. The molecule has 6 nitrogen and oxygen atoms in total. The number of hydrogen-bond donors (Lipinski definition) is 1. The number of allylic oxidation sites excluding steroid dienone is 1. The minimum absolute atomic E-state index is 0. The summed E-state index contributed by atoms with van der Waals surface area (Å²) in [7, 11) is 0. The molecule has 0 aliphatic carbocycles. The van der Waals surface area contributed by atoms with Crippen LogP contribution in [0.1, 0.15) is 26.6 Å². The zero-order valence-corrected chi connectivity index (χ0v) is 17.9. The van der Waals surface area contributed by atoms with Crippen molar-refractivity contribution in [3.8, 4) is 10.4 Å². The summed E-state index contributed by atoms with van der Waals surface area (Å²) in [6, 6.07) is 10.6. The summed E-state index contributed by atoms with van der Waals surface area (Å²) in [5.41, 5.74) is 11.3. The number of nitrogens with zero attached hydrogens (tertiary/aromatic N) is 4. The van der Waals surface area contributed by atoms with Crippen molar-refractivity contribution in [2.75, 3.05) is 12.3 Å². The Kier molecular flexibility index (Phi) is 5.91. The fourth-order valence-corrected chi connectivity index (χ4v) is 4.43. The molecule has 0 bridgehead atoms. The van der Waals surface area contributed by atoms with Crippen LogP contribution in [0.2, 0.25) is 0 Å². The highest BCUT2D eigenvalue weighted by atomic mass is 32.1. The molecule has 0 atom stereocenters. The van der Waals surface area contributed by atoms with E-state index in [9.17, 15) is 0 Å². The maximum absolute atomic E-state index is 6.34. The molecule has 3 heterocycles. The molecule has 0 amide bonds. The molecule has 0 fully saturated rings. The number of nitrogens with two attached hydrogens (primary N) is 1. The van der Waals surface area contributed by atoms with Gasteiger partial charge in [0.05, 0.1) is 17.6 Å². The molecule has 7 heteroatoms. The Bertz CT molecular complexity index is 1160. The number of benzene rings is 1. The van der Waals surface area contributed by atoms with E-state index in [1.54, 1.807) is 11.3 Å². The van der Waals surface area contributed by atoms with Gasteiger partial charge in [0.15, 0.2) is 5.82 Å². The third-order valence-electron chi connectivity index (χ3n) is 5.16. The van der Waals surface area contributed by atoms with Crippen molar-refractivity contribution in [3.05, 3.63) is 53.8 Å². The number of fused-ring (bicyclic) bond motifs is 3. The van der Waals surface area contributed by atoms with Crippen molar-refractivity contribution < 1.29 is 5.48 Å². The zero-order valence-electron chi connectivity index (χ0n) is 17.1. The van der Waals surface area contributed by atoms with Gasteiger partial charge in [-0.1, -0.05) is 18.7 Å². The molecular formula is C22H27N5OS. The van der Waals surface area contributed by atoms with Crippen LogP contribution < -0.4 is 5.73 Å². The number of imidazole rings is 1. The predicted molar refractivity (Wildman–Crippen MR) is 123 cm³/mol. The van der Waals surface area contributed by atoms with Crippen LogP contribution in [-0.4, -0.2) is 31.5 Å². The smallest absolute Gasteiger partial charge is 0.152 e. The fourth-order valence-electron chi connectivity index (χ4n) is 3.70. The van der Waals surface area contributed by atoms with Crippen molar-refractivity contribution in [2.24, 2.45) is 0 Å². The minimum atomic E-state index is 0. The van der Waals surface area contributed by atoms with Crippen LogP contribution in [0.5, 0.6) is 0 Å². The van der Waals surface area contributed by atoms with Gasteiger partial charge in [-0.3, -0.25) is 0 Å². The Balaban J connectivity index is 0.00000240. The lowest BCUT2D eigenvalue weighted by atomic mass is 10.1. The largest absolute Gasteiger partial charge is 0.412 e. The van der Waals surface area contributed by atoms with E-state index in [1.807, 2.05) is 6.92 Å². The number of anilines is 1. The Morgan fingerprint density at radius 1 is 1.24 bits per heavy atom. The first-order valence-electron chi connectivity index (χ1n) is 9.56. The van der Waals surface area contributed by atoms with Crippen LogP contribution in [-0.2, 0) is 13.1 Å². The van der Waals surface area contributed by atoms with Gasteiger partial charge in [-0.2, -0.15) is 0 Å². The average molecular weight is 410 g/mol. The van der Waals surface area contributed by atoms with Crippen molar-refractivity contribution in [1.82, 2.24) is 19.4 Å². The third-order valence-corrected chi connectivity index (χ3v) is 6.08. The van der Waals surface area contributed by atoms with Gasteiger partial charge in [0.25, 0.3) is 0 Å². The lowest BCUT2D eigenvalue weighted by Crippen LogP contribution is -2.22. The summed E-state index contributed by atoms with van der Waals surface area (Å²) in [4.78, 5) is 13.0. The van der Waals surface area contributed by atoms with E-state index in [-0.39, 0.29) is 5.48 Å². The number of nitrogen functional groups attached to an aromatic ring is 1. The normalized spacial score (nSPS) is 11.0. The fraction of sp³-hybridized carbons (Fsp3) is 0.273. The summed E-state index contributed by atoms with van der Waals surface area (Å²) in [6.07, 6.45) is 0. The summed E-state index contributed by atoms with van der Waals surface area (Å²) in [6.45, 7) is 12.8. The van der Waals surface area contributed by atoms with E-state index in [0.29, 0.717) is 12.4 Å². The van der Waals surface area contributed by atoms with Gasteiger partial charge in [-0.15, -0.1) is 11.3 Å². The number of rotatable bonds is 6. The van der Waals surface area contributed by atoms with Gasteiger partial charge in [0.2, 0.25) is 0 Å². The number of pyridine rings is 1. The molecule has 0 aliphatic rings. The van der Waals surface area contributed by atoms with Crippen LogP contribution >= 0.6 is 11.3 Å². The molecule has 0 unspecified atom stereocenters. The van der Waals surface area contributed by atoms with Crippen LogP contribution in [0.15, 0.2) is 48.0 Å². The molecule has 3 aromatic heterocycles. The van der Waals surface area contributed by atoms with Crippen LogP contribution in [0.25, 0.3) is 32.4 Å². The van der Waals surface area contributed by atoms with Gasteiger partial charge in [-0.25, -0.2) is 9.97 Å². The standard InChI is InChI=1S/C22H25N5S.H2O/c1-5-26(14(3)4)13-19-25-20-21(27(19)6-2)16-10-9-15(18-8-7-11-28-18)12-17(16)24-22(20)23;/h7-12H,3,5-6,13H2,1-2,4H3,(H2,23,24);1H2. The molecule has 152 valence electrons. The molecule has 4 N–H and O–H groups in total. The number of thiophene rings is 1. The topological polar surface area (TPSA) is 91.5 Å². The second kappa shape index (κ2) is 8.23. The highest BCUT2D eigenvalue weighted by Gasteiger charge is 2.18. The molecule has 4 rings (SSSR count). The molecule has 0 radical (unpaired) electrons. The number of aromatic nitrogens is 3. The monoisotopic (exact) mass is 409 g/mol. The van der Waals surface area contributed by atoms with Crippen LogP contribution in [0.4, 0.5) is 5.82 Å². The zero-order chi connectivity index (χ0) is 19.8. The SMILES string of the molecule is C=C(C)N(CC)Cc1nc2c(N)nc3cc(-c4cccs4)ccc3c2n1CC.O. The van der Waals surface area contributed by atoms with Crippen molar-refractivity contribution in [3.63, 3.8) is 0 Å². The molecule has 0 saturated carbocycles. The Hall–Kier alpha value is -2.90. The average Bonchev–Trinajstić information content (AvgIpc) is 3.33. The third kappa shape index (κ3) is 3.59. The van der Waals surface area contributed by atoms with Crippen LogP contribution in [0, 0.1) is 0 Å². The first-order chi connectivity index (χ1) is 13.5. The van der Waals surface area contributed by atoms with Crippen molar-refractivity contribution in [2.45, 2.75) is 33.9 Å². The van der Waals surface area contributed by atoms with E-state index in [1.165, 1.54) is 4.88 Å². The summed E-state index contributed by atoms with van der Waals surface area (Å²) in [5.74, 6) is 1.48. The van der Waals surface area contributed by atoms with E-state index >= 15 is 0 Å². The molecule has 0 spiro atoms. The van der Waals surface area contributed by atoms with E-state index in [4.69, 9.17) is 10.7 Å². The highest BCUT2D eigenvalue weighted by Crippen LogP contribution is 2.33. The number of aryl methyl sites for hydroxylation is 1. The summed E-state index contributed by atoms with van der Waals surface area (Å²) < 4.78 is 2.26. The Labute approximate surface area is 174 Å². The summed E-state index contributed by atoms with van der Waals surface area (Å²) >= 11 is 1.73. The minimum Gasteiger partial charge on any atom is -0.412 e. The van der Waals surface area contributed by atoms with Gasteiger partial charge in [-0.05, 0) is 49.9 Å². The second-order valence-electron chi connectivity index (χ2n) is 6.93. The van der Waals surface area contributed by atoms with Crippen molar-refractivity contribution >= 4 is 39.1 Å². The van der Waals surface area contributed by atoms with E-state index in [2.05, 4.69) is 70.6 Å². The Morgan fingerprint density at radius 2 is 2.03 bits per heavy atom. The quantitative estimate of drug-likeness (QED) is 0.509. The lowest BCUT2D eigenvalue weighted by molar-refractivity contribution is 0.343. The molecule has 4 aromatic rings. The van der Waals surface area contributed by atoms with Gasteiger partial charge < -0.3 is 20.7 Å². The van der Waals surface area contributed by atoms with Gasteiger partial charge in [0.1, 0.15) is 11.3 Å². The van der Waals surface area contributed by atoms with E-state index in [0.717, 1.165) is 52.1 Å². The lowest BCUT2D eigenvalue weighted by Gasteiger charge is -2.22. The van der Waals surface area contributed by atoms with Crippen molar-refractivity contribution in [1.29, 1.82) is 0 Å². The molecule has 29 heavy (non-hydrogen) atoms. The second-order valence-corrected chi connectivity index (χ2v) is 7.87. The van der Waals surface area contributed by atoms with Gasteiger partial charge in [0, 0.05) is 29.0 Å². The maximum Gasteiger partial charge on any atom is 0.152 e. The van der Waals surface area contributed by atoms with E-state index < -0.39 is 0 Å². The first-order valence-corrected chi connectivity index (χ1v) is 10.4. The van der Waals surface area contributed by atoms with Gasteiger partial charge >= 0.3 is 0 Å². The molecule has 0 saturated heterocycles.